The van der Waals surface area contributed by atoms with E-state index >= 15 is 0 Å². The Morgan fingerprint density at radius 2 is 1.83 bits per heavy atom. The lowest BCUT2D eigenvalue weighted by Gasteiger charge is -2.30. The Morgan fingerprint density at radius 1 is 1.17 bits per heavy atom. The number of rotatable bonds is 4. The molecule has 4 heteroatoms. The molecule has 136 valence electrons. The third-order valence-corrected chi connectivity index (χ3v) is 4.22. The SMILES string of the molecule is CC(C)(C)COC1C=CC=CC1C(=O)N1CC[C@@H](NC(C)(C)C)C1. The fourth-order valence-electron chi connectivity index (χ4n) is 3.22. The quantitative estimate of drug-likeness (QED) is 0.859. The second-order valence-corrected chi connectivity index (χ2v) is 9.30. The molecule has 0 radical (unpaired) electrons. The minimum absolute atomic E-state index is 0.0789. The van der Waals surface area contributed by atoms with Crippen molar-refractivity contribution in [2.45, 2.75) is 65.6 Å². The predicted octanol–water partition coefficient (Wildman–Crippen LogP) is 3.15. The fraction of sp³-hybridized carbons (Fsp3) is 0.750. The molecule has 1 amide bonds. The van der Waals surface area contributed by atoms with Crippen LogP contribution in [0.4, 0.5) is 0 Å². The van der Waals surface area contributed by atoms with Gasteiger partial charge in [0.25, 0.3) is 0 Å². The molecule has 0 aromatic rings. The first-order chi connectivity index (χ1) is 11.1. The van der Waals surface area contributed by atoms with E-state index in [-0.39, 0.29) is 28.9 Å². The summed E-state index contributed by atoms with van der Waals surface area (Å²) in [7, 11) is 0. The van der Waals surface area contributed by atoms with Gasteiger partial charge in [-0.05, 0) is 32.6 Å². The first-order valence-corrected chi connectivity index (χ1v) is 9.08. The van der Waals surface area contributed by atoms with E-state index in [1.54, 1.807) is 0 Å². The minimum atomic E-state index is -0.203. The third kappa shape index (κ3) is 5.75. The van der Waals surface area contributed by atoms with Crippen LogP contribution in [0.5, 0.6) is 0 Å². The van der Waals surface area contributed by atoms with Crippen LogP contribution in [0.1, 0.15) is 48.0 Å². The van der Waals surface area contributed by atoms with E-state index in [1.807, 2.05) is 29.2 Å². The van der Waals surface area contributed by atoms with E-state index < -0.39 is 0 Å². The molecular formula is C20H34N2O2. The Bertz CT molecular complexity index is 497. The number of carbonyl (C=O) groups is 1. The van der Waals surface area contributed by atoms with Crippen LogP contribution in [-0.4, -0.2) is 48.2 Å². The second kappa shape index (κ2) is 7.40. The van der Waals surface area contributed by atoms with Crippen LogP contribution in [0.3, 0.4) is 0 Å². The number of allylic oxidation sites excluding steroid dienone is 2. The number of carbonyl (C=O) groups excluding carboxylic acids is 1. The summed E-state index contributed by atoms with van der Waals surface area (Å²) in [5.41, 5.74) is 0.174. The van der Waals surface area contributed by atoms with Crippen molar-refractivity contribution in [3.8, 4) is 0 Å². The van der Waals surface area contributed by atoms with Gasteiger partial charge in [-0.3, -0.25) is 4.79 Å². The maximum absolute atomic E-state index is 13.0. The van der Waals surface area contributed by atoms with E-state index in [2.05, 4.69) is 46.9 Å². The highest BCUT2D eigenvalue weighted by molar-refractivity contribution is 5.82. The summed E-state index contributed by atoms with van der Waals surface area (Å²) < 4.78 is 6.05. The molecule has 2 aliphatic rings. The molecule has 0 saturated carbocycles. The number of amides is 1. The first-order valence-electron chi connectivity index (χ1n) is 9.08. The van der Waals surface area contributed by atoms with Crippen LogP contribution in [0, 0.1) is 11.3 Å². The molecule has 0 spiro atoms. The Kier molecular flexibility index (Phi) is 5.92. The van der Waals surface area contributed by atoms with Gasteiger partial charge in [0.2, 0.25) is 5.91 Å². The van der Waals surface area contributed by atoms with Gasteiger partial charge in [-0.1, -0.05) is 45.1 Å². The van der Waals surface area contributed by atoms with E-state index in [4.69, 9.17) is 4.74 Å². The van der Waals surface area contributed by atoms with Gasteiger partial charge in [-0.15, -0.1) is 0 Å². The van der Waals surface area contributed by atoms with Gasteiger partial charge < -0.3 is 15.0 Å². The van der Waals surface area contributed by atoms with Gasteiger partial charge in [-0.25, -0.2) is 0 Å². The van der Waals surface area contributed by atoms with Gasteiger partial charge in [0.05, 0.1) is 18.6 Å². The molecule has 1 saturated heterocycles. The fourth-order valence-corrected chi connectivity index (χ4v) is 3.22. The molecule has 4 nitrogen and oxygen atoms in total. The molecule has 2 rings (SSSR count). The Balaban J connectivity index is 1.95. The predicted molar refractivity (Wildman–Crippen MR) is 98.8 cm³/mol. The van der Waals surface area contributed by atoms with Gasteiger partial charge in [0.1, 0.15) is 0 Å². The minimum Gasteiger partial charge on any atom is -0.372 e. The van der Waals surface area contributed by atoms with Crippen molar-refractivity contribution in [2.24, 2.45) is 11.3 Å². The van der Waals surface area contributed by atoms with Gasteiger partial charge in [0, 0.05) is 24.7 Å². The molecule has 1 N–H and O–H groups in total. The summed E-state index contributed by atoms with van der Waals surface area (Å²) in [5.74, 6) is -0.0153. The summed E-state index contributed by atoms with van der Waals surface area (Å²) in [5, 5.41) is 3.60. The van der Waals surface area contributed by atoms with Crippen LogP contribution in [0.15, 0.2) is 24.3 Å². The molecule has 1 fully saturated rings. The molecule has 1 heterocycles. The Hall–Kier alpha value is -1.13. The maximum Gasteiger partial charge on any atom is 0.232 e. The van der Waals surface area contributed by atoms with Crippen LogP contribution in [0.25, 0.3) is 0 Å². The summed E-state index contributed by atoms with van der Waals surface area (Å²) in [6.07, 6.45) is 8.79. The Labute approximate surface area is 147 Å². The van der Waals surface area contributed by atoms with Gasteiger partial charge in [0.15, 0.2) is 0 Å². The summed E-state index contributed by atoms with van der Waals surface area (Å²) in [6.45, 7) is 15.2. The van der Waals surface area contributed by atoms with E-state index in [0.717, 1.165) is 19.5 Å². The molecule has 0 bridgehead atoms. The number of nitrogens with one attached hydrogen (secondary N) is 1. The Morgan fingerprint density at radius 3 is 2.46 bits per heavy atom. The number of hydrogen-bond donors (Lipinski definition) is 1. The van der Waals surface area contributed by atoms with E-state index in [9.17, 15) is 4.79 Å². The normalized spacial score (nSPS) is 27.8. The third-order valence-electron chi connectivity index (χ3n) is 4.22. The van der Waals surface area contributed by atoms with Crippen LogP contribution in [-0.2, 0) is 9.53 Å². The molecule has 1 aliphatic heterocycles. The zero-order valence-corrected chi connectivity index (χ0v) is 16.1. The topological polar surface area (TPSA) is 41.6 Å². The molecule has 0 aromatic heterocycles. The number of hydrogen-bond acceptors (Lipinski definition) is 3. The largest absolute Gasteiger partial charge is 0.372 e. The summed E-state index contributed by atoms with van der Waals surface area (Å²) in [4.78, 5) is 15.0. The summed E-state index contributed by atoms with van der Waals surface area (Å²) in [6, 6.07) is 0.381. The van der Waals surface area contributed by atoms with E-state index in [0.29, 0.717) is 12.6 Å². The highest BCUT2D eigenvalue weighted by Crippen LogP contribution is 2.24. The molecule has 24 heavy (non-hydrogen) atoms. The zero-order valence-electron chi connectivity index (χ0n) is 16.1. The van der Waals surface area contributed by atoms with Crippen molar-refractivity contribution in [1.29, 1.82) is 0 Å². The lowest BCUT2D eigenvalue weighted by atomic mass is 9.94. The maximum atomic E-state index is 13.0. The van der Waals surface area contributed by atoms with Crippen LogP contribution in [0.2, 0.25) is 0 Å². The molecule has 2 unspecified atom stereocenters. The smallest absolute Gasteiger partial charge is 0.232 e. The molecule has 0 aromatic carbocycles. The molecule has 3 atom stereocenters. The van der Waals surface area contributed by atoms with Crippen molar-refractivity contribution in [1.82, 2.24) is 10.2 Å². The van der Waals surface area contributed by atoms with Crippen molar-refractivity contribution in [3.63, 3.8) is 0 Å². The molecular weight excluding hydrogens is 300 g/mol. The van der Waals surface area contributed by atoms with Crippen molar-refractivity contribution < 1.29 is 9.53 Å². The average Bonchev–Trinajstić information content (AvgIpc) is 2.90. The lowest BCUT2D eigenvalue weighted by Crippen LogP contribution is -2.46. The van der Waals surface area contributed by atoms with Crippen molar-refractivity contribution >= 4 is 5.91 Å². The van der Waals surface area contributed by atoms with Crippen molar-refractivity contribution in [2.75, 3.05) is 19.7 Å². The van der Waals surface area contributed by atoms with E-state index in [1.165, 1.54) is 0 Å². The highest BCUT2D eigenvalue weighted by Gasteiger charge is 2.35. The van der Waals surface area contributed by atoms with Gasteiger partial charge in [-0.2, -0.15) is 0 Å². The monoisotopic (exact) mass is 334 g/mol. The number of nitrogens with zero attached hydrogens (tertiary/aromatic N) is 1. The van der Waals surface area contributed by atoms with Crippen LogP contribution < -0.4 is 5.32 Å². The first kappa shape index (κ1) is 19.2. The van der Waals surface area contributed by atoms with Crippen LogP contribution >= 0.6 is 0 Å². The standard InChI is InChI=1S/C20H34N2O2/c1-19(2,3)14-24-17-10-8-7-9-16(17)18(23)22-12-11-15(13-22)21-20(4,5)6/h7-10,15-17,21H,11-14H2,1-6H3/t15-,16?,17?/m1/s1. The van der Waals surface area contributed by atoms with Gasteiger partial charge >= 0.3 is 0 Å². The lowest BCUT2D eigenvalue weighted by molar-refractivity contribution is -0.137. The second-order valence-electron chi connectivity index (χ2n) is 9.30. The molecule has 1 aliphatic carbocycles. The highest BCUT2D eigenvalue weighted by atomic mass is 16.5. The number of likely N-dealkylation sites (tertiary alicyclic amines) is 1. The average molecular weight is 335 g/mol. The number of ether oxygens (including phenoxy) is 1. The van der Waals surface area contributed by atoms with Crippen molar-refractivity contribution in [3.05, 3.63) is 24.3 Å². The summed E-state index contributed by atoms with van der Waals surface area (Å²) >= 11 is 0. The zero-order chi connectivity index (χ0) is 18.0.